The quantitative estimate of drug-likeness (QED) is 0.394. The molecule has 2 aliphatic heterocycles. The number of alkyl halides is 3. The molecule has 2 aromatic carbocycles. The number of nitrogens with one attached hydrogen (secondary N) is 1. The molecule has 0 saturated carbocycles. The van der Waals surface area contributed by atoms with Gasteiger partial charge in [0.15, 0.2) is 0 Å². The van der Waals surface area contributed by atoms with Gasteiger partial charge in [-0.1, -0.05) is 43.1 Å². The second-order valence-electron chi connectivity index (χ2n) is 11.6. The van der Waals surface area contributed by atoms with E-state index in [4.69, 9.17) is 28.9 Å². The summed E-state index contributed by atoms with van der Waals surface area (Å²) in [7, 11) is -3.36. The van der Waals surface area contributed by atoms with Gasteiger partial charge in [0.2, 0.25) is 15.9 Å². The molecule has 3 unspecified atom stereocenters. The number of halogens is 5. The van der Waals surface area contributed by atoms with Gasteiger partial charge in [0, 0.05) is 60.4 Å². The predicted molar refractivity (Wildman–Crippen MR) is 160 cm³/mol. The Hall–Kier alpha value is -2.05. The number of piperazine rings is 1. The SMILES string of the molecule is CC(C)CC(N)c1cc(C(F)(F)F)ccc1N1CCN(C(=O)C(Cc2ccc(Cl)cc2Cl)C2CCS(=O)(=O)NC2)CC1. The van der Waals surface area contributed by atoms with Crippen molar-refractivity contribution < 1.29 is 26.4 Å². The molecule has 0 radical (unpaired) electrons. The van der Waals surface area contributed by atoms with Crippen LogP contribution in [0.4, 0.5) is 18.9 Å². The van der Waals surface area contributed by atoms with Crippen LogP contribution in [0.2, 0.25) is 10.0 Å². The highest BCUT2D eigenvalue weighted by Crippen LogP contribution is 2.37. The summed E-state index contributed by atoms with van der Waals surface area (Å²) in [4.78, 5) is 17.7. The Morgan fingerprint density at radius 2 is 1.79 bits per heavy atom. The van der Waals surface area contributed by atoms with Gasteiger partial charge < -0.3 is 15.5 Å². The first-order chi connectivity index (χ1) is 19.6. The molecule has 232 valence electrons. The number of nitrogens with two attached hydrogens (primary N) is 1. The van der Waals surface area contributed by atoms with Gasteiger partial charge in [-0.3, -0.25) is 4.79 Å². The number of amides is 1. The molecule has 13 heteroatoms. The van der Waals surface area contributed by atoms with Crippen LogP contribution in [0.15, 0.2) is 36.4 Å². The molecule has 0 aliphatic carbocycles. The van der Waals surface area contributed by atoms with E-state index in [2.05, 4.69) is 4.72 Å². The van der Waals surface area contributed by atoms with Crippen molar-refractivity contribution >= 4 is 44.8 Å². The number of anilines is 1. The van der Waals surface area contributed by atoms with E-state index in [0.29, 0.717) is 66.7 Å². The van der Waals surface area contributed by atoms with Crippen LogP contribution in [0.1, 0.15) is 49.4 Å². The van der Waals surface area contributed by atoms with E-state index in [-0.39, 0.29) is 30.0 Å². The van der Waals surface area contributed by atoms with Gasteiger partial charge >= 0.3 is 6.18 Å². The molecule has 3 N–H and O–H groups in total. The second-order valence-corrected chi connectivity index (χ2v) is 14.4. The van der Waals surface area contributed by atoms with Crippen LogP contribution >= 0.6 is 23.2 Å². The summed E-state index contributed by atoms with van der Waals surface area (Å²) in [5.74, 6) is -0.694. The minimum Gasteiger partial charge on any atom is -0.368 e. The highest BCUT2D eigenvalue weighted by Gasteiger charge is 2.38. The Kier molecular flexibility index (Phi) is 10.4. The van der Waals surface area contributed by atoms with Crippen LogP contribution in [0.5, 0.6) is 0 Å². The molecule has 42 heavy (non-hydrogen) atoms. The molecule has 2 aromatic rings. The molecular formula is C29H37Cl2F3N4O3S. The highest BCUT2D eigenvalue weighted by molar-refractivity contribution is 7.89. The van der Waals surface area contributed by atoms with Gasteiger partial charge in [-0.25, -0.2) is 13.1 Å². The molecule has 0 aromatic heterocycles. The molecule has 0 bridgehead atoms. The number of sulfonamides is 1. The standard InChI is InChI=1S/C29H37Cl2F3N4O3S/c1-18(2)13-26(35)24-15-21(29(32,33)34)4-6-27(24)37-8-10-38(11-9-37)28(39)23(20-7-12-42(40,41)36-17-20)14-19-3-5-22(30)16-25(19)31/h3-6,15-16,18,20,23,26,36H,7-14,17,35H2,1-2H3. The number of benzene rings is 2. The van der Waals surface area contributed by atoms with Gasteiger partial charge in [-0.2, -0.15) is 13.2 Å². The van der Waals surface area contributed by atoms with Crippen molar-refractivity contribution in [3.63, 3.8) is 0 Å². The van der Waals surface area contributed by atoms with Gasteiger partial charge in [-0.05, 0) is 72.6 Å². The number of nitrogens with zero attached hydrogens (tertiary/aromatic N) is 2. The minimum absolute atomic E-state index is 0.0586. The fraction of sp³-hybridized carbons (Fsp3) is 0.552. The number of carbonyl (C=O) groups excluding carboxylic acids is 1. The fourth-order valence-electron chi connectivity index (χ4n) is 5.79. The summed E-state index contributed by atoms with van der Waals surface area (Å²) in [6, 6.07) is 8.25. The molecule has 2 heterocycles. The summed E-state index contributed by atoms with van der Waals surface area (Å²) in [6.45, 7) is 5.68. The third-order valence-electron chi connectivity index (χ3n) is 8.08. The first-order valence-corrected chi connectivity index (χ1v) is 16.5. The average molecular weight is 650 g/mol. The van der Waals surface area contributed by atoms with E-state index in [1.54, 1.807) is 23.1 Å². The summed E-state index contributed by atoms with van der Waals surface area (Å²) in [6.07, 6.45) is -3.27. The maximum absolute atomic E-state index is 14.0. The predicted octanol–water partition coefficient (Wildman–Crippen LogP) is 5.50. The normalized spacial score (nSPS) is 20.9. The fourth-order valence-corrected chi connectivity index (χ4v) is 7.50. The van der Waals surface area contributed by atoms with Crippen molar-refractivity contribution in [2.75, 3.05) is 43.4 Å². The van der Waals surface area contributed by atoms with Crippen LogP contribution < -0.4 is 15.4 Å². The van der Waals surface area contributed by atoms with Gasteiger partial charge in [0.1, 0.15) is 0 Å². The van der Waals surface area contributed by atoms with Gasteiger partial charge in [-0.15, -0.1) is 0 Å². The number of hydrogen-bond acceptors (Lipinski definition) is 5. The minimum atomic E-state index is -4.48. The topological polar surface area (TPSA) is 95.7 Å². The zero-order valence-corrected chi connectivity index (χ0v) is 26.0. The van der Waals surface area contributed by atoms with E-state index >= 15 is 0 Å². The summed E-state index contributed by atoms with van der Waals surface area (Å²) >= 11 is 12.5. The van der Waals surface area contributed by atoms with E-state index < -0.39 is 33.7 Å². The van der Waals surface area contributed by atoms with Gasteiger partial charge in [0.25, 0.3) is 0 Å². The lowest BCUT2D eigenvalue weighted by Gasteiger charge is -2.40. The summed E-state index contributed by atoms with van der Waals surface area (Å²) < 4.78 is 67.2. The molecule has 2 aliphatic rings. The van der Waals surface area contributed by atoms with Crippen molar-refractivity contribution in [1.29, 1.82) is 0 Å². The Morgan fingerprint density at radius 3 is 2.36 bits per heavy atom. The zero-order valence-electron chi connectivity index (χ0n) is 23.6. The maximum atomic E-state index is 14.0. The molecule has 2 fully saturated rings. The van der Waals surface area contributed by atoms with Crippen molar-refractivity contribution in [1.82, 2.24) is 9.62 Å². The first-order valence-electron chi connectivity index (χ1n) is 14.1. The lowest BCUT2D eigenvalue weighted by Crippen LogP contribution is -2.53. The molecule has 3 atom stereocenters. The van der Waals surface area contributed by atoms with Gasteiger partial charge in [0.05, 0.1) is 11.3 Å². The first kappa shape index (κ1) is 32.9. The molecule has 0 spiro atoms. The Bertz CT molecular complexity index is 1370. The van der Waals surface area contributed by atoms with E-state index in [1.165, 1.54) is 6.07 Å². The molecule has 4 rings (SSSR count). The van der Waals surface area contributed by atoms with Crippen molar-refractivity contribution in [3.8, 4) is 0 Å². The van der Waals surface area contributed by atoms with Crippen LogP contribution in [0.25, 0.3) is 0 Å². The highest BCUT2D eigenvalue weighted by atomic mass is 35.5. The monoisotopic (exact) mass is 648 g/mol. The lowest BCUT2D eigenvalue weighted by molar-refractivity contribution is -0.138. The summed E-state index contributed by atoms with van der Waals surface area (Å²) in [5, 5.41) is 0.915. The van der Waals surface area contributed by atoms with Crippen molar-refractivity contribution in [3.05, 3.63) is 63.1 Å². The van der Waals surface area contributed by atoms with E-state index in [0.717, 1.165) is 17.7 Å². The van der Waals surface area contributed by atoms with E-state index in [1.807, 2.05) is 18.7 Å². The Morgan fingerprint density at radius 1 is 1.10 bits per heavy atom. The maximum Gasteiger partial charge on any atom is 0.416 e. The number of carbonyl (C=O) groups is 1. The number of rotatable bonds is 8. The largest absolute Gasteiger partial charge is 0.416 e. The average Bonchev–Trinajstić information content (AvgIpc) is 2.91. The zero-order chi connectivity index (χ0) is 30.8. The van der Waals surface area contributed by atoms with Crippen LogP contribution in [-0.4, -0.2) is 57.7 Å². The number of hydrogen-bond donors (Lipinski definition) is 2. The molecule has 7 nitrogen and oxygen atoms in total. The van der Waals surface area contributed by atoms with Crippen LogP contribution in [-0.2, 0) is 27.4 Å². The van der Waals surface area contributed by atoms with Crippen molar-refractivity contribution in [2.24, 2.45) is 23.5 Å². The Balaban J connectivity index is 1.53. The van der Waals surface area contributed by atoms with E-state index in [9.17, 15) is 26.4 Å². The molecule has 2 saturated heterocycles. The third kappa shape index (κ3) is 8.11. The summed E-state index contributed by atoms with van der Waals surface area (Å²) in [5.41, 5.74) is 7.51. The van der Waals surface area contributed by atoms with Crippen LogP contribution in [0, 0.1) is 17.8 Å². The lowest BCUT2D eigenvalue weighted by atomic mass is 9.83. The molecule has 1 amide bonds. The van der Waals surface area contributed by atoms with Crippen LogP contribution in [0.3, 0.4) is 0 Å². The smallest absolute Gasteiger partial charge is 0.368 e. The Labute approximate surface area is 255 Å². The second kappa shape index (κ2) is 13.3. The molecular weight excluding hydrogens is 612 g/mol. The van der Waals surface area contributed by atoms with Crippen molar-refractivity contribution in [2.45, 2.75) is 45.3 Å². The third-order valence-corrected chi connectivity index (χ3v) is 10.0.